The fourth-order valence-electron chi connectivity index (χ4n) is 1.71. The average Bonchev–Trinajstić information content (AvgIpc) is 2.42. The third-order valence-corrected chi connectivity index (χ3v) is 4.36. The Morgan fingerprint density at radius 3 is 2.55 bits per heavy atom. The lowest BCUT2D eigenvalue weighted by molar-refractivity contribution is 0.0953. The molecule has 0 spiro atoms. The van der Waals surface area contributed by atoms with Gasteiger partial charge in [0.05, 0.1) is 5.75 Å². The Labute approximate surface area is 120 Å². The van der Waals surface area contributed by atoms with Crippen LogP contribution in [-0.2, 0) is 10.0 Å². The summed E-state index contributed by atoms with van der Waals surface area (Å²) in [6, 6.07) is 7.28. The zero-order valence-electron chi connectivity index (χ0n) is 12.0. The molecular formula is C14H22N2O3S. The molecule has 112 valence electrons. The van der Waals surface area contributed by atoms with E-state index in [4.69, 9.17) is 0 Å². The molecule has 0 aliphatic rings. The Kier molecular flexibility index (Phi) is 6.67. The van der Waals surface area contributed by atoms with Gasteiger partial charge in [0, 0.05) is 18.7 Å². The number of unbranched alkanes of at least 4 members (excludes halogenated alkanes) is 1. The van der Waals surface area contributed by atoms with Crippen molar-refractivity contribution >= 4 is 15.9 Å². The fraction of sp³-hybridized carbons (Fsp3) is 0.500. The minimum Gasteiger partial charge on any atom is -0.351 e. The fourth-order valence-corrected chi connectivity index (χ4v) is 2.94. The van der Waals surface area contributed by atoms with Gasteiger partial charge in [0.15, 0.2) is 0 Å². The maximum Gasteiger partial charge on any atom is 0.251 e. The van der Waals surface area contributed by atoms with Crippen LogP contribution in [0.1, 0.15) is 35.7 Å². The molecule has 0 atom stereocenters. The molecule has 0 aliphatic heterocycles. The number of carbonyl (C=O) groups excluding carboxylic acids is 1. The Morgan fingerprint density at radius 1 is 1.20 bits per heavy atom. The van der Waals surface area contributed by atoms with Crippen molar-refractivity contribution < 1.29 is 13.2 Å². The normalized spacial score (nSPS) is 11.3. The molecule has 6 heteroatoms. The van der Waals surface area contributed by atoms with E-state index in [9.17, 15) is 13.2 Å². The van der Waals surface area contributed by atoms with Crippen molar-refractivity contribution in [3.63, 3.8) is 0 Å². The molecule has 1 aromatic rings. The zero-order valence-corrected chi connectivity index (χ0v) is 12.8. The lowest BCUT2D eigenvalue weighted by Gasteiger charge is -2.09. The maximum atomic E-state index is 11.9. The number of benzene rings is 1. The molecule has 5 nitrogen and oxygen atoms in total. The minimum absolute atomic E-state index is 0.134. The SMILES string of the molecule is CCCCS(=O)(=O)NCCNC(=O)c1ccccc1C. The van der Waals surface area contributed by atoms with Crippen molar-refractivity contribution in [2.75, 3.05) is 18.8 Å². The third-order valence-electron chi connectivity index (χ3n) is 2.89. The quantitative estimate of drug-likeness (QED) is 0.713. The number of hydrogen-bond donors (Lipinski definition) is 2. The summed E-state index contributed by atoms with van der Waals surface area (Å²) < 4.78 is 25.5. The molecule has 0 bridgehead atoms. The van der Waals surface area contributed by atoms with Gasteiger partial charge in [-0.05, 0) is 25.0 Å². The van der Waals surface area contributed by atoms with Crippen LogP contribution in [0.2, 0.25) is 0 Å². The lowest BCUT2D eigenvalue weighted by Crippen LogP contribution is -2.35. The Hall–Kier alpha value is -1.40. The predicted octanol–water partition coefficient (Wildman–Crippen LogP) is 1.44. The van der Waals surface area contributed by atoms with Crippen molar-refractivity contribution in [3.8, 4) is 0 Å². The predicted molar refractivity (Wildman–Crippen MR) is 80.2 cm³/mol. The second-order valence-electron chi connectivity index (χ2n) is 4.64. The Balaban J connectivity index is 2.35. The van der Waals surface area contributed by atoms with E-state index >= 15 is 0 Å². The molecule has 1 rings (SSSR count). The van der Waals surface area contributed by atoms with E-state index in [0.717, 1.165) is 12.0 Å². The van der Waals surface area contributed by atoms with Crippen molar-refractivity contribution in [1.82, 2.24) is 10.0 Å². The topological polar surface area (TPSA) is 75.3 Å². The average molecular weight is 298 g/mol. The summed E-state index contributed by atoms with van der Waals surface area (Å²) >= 11 is 0. The van der Waals surface area contributed by atoms with Crippen LogP contribution < -0.4 is 10.0 Å². The number of amides is 1. The monoisotopic (exact) mass is 298 g/mol. The van der Waals surface area contributed by atoms with Gasteiger partial charge in [-0.1, -0.05) is 31.5 Å². The lowest BCUT2D eigenvalue weighted by atomic mass is 10.1. The highest BCUT2D eigenvalue weighted by atomic mass is 32.2. The number of hydrogen-bond acceptors (Lipinski definition) is 3. The van der Waals surface area contributed by atoms with Gasteiger partial charge < -0.3 is 5.32 Å². The molecule has 0 saturated heterocycles. The minimum atomic E-state index is -3.22. The van der Waals surface area contributed by atoms with E-state index < -0.39 is 10.0 Å². The van der Waals surface area contributed by atoms with E-state index in [-0.39, 0.29) is 24.7 Å². The molecule has 0 aliphatic carbocycles. The molecule has 0 unspecified atom stereocenters. The second kappa shape index (κ2) is 8.01. The van der Waals surface area contributed by atoms with E-state index in [1.54, 1.807) is 12.1 Å². The molecule has 20 heavy (non-hydrogen) atoms. The van der Waals surface area contributed by atoms with Crippen LogP contribution in [0.25, 0.3) is 0 Å². The smallest absolute Gasteiger partial charge is 0.251 e. The number of nitrogens with one attached hydrogen (secondary N) is 2. The van der Waals surface area contributed by atoms with Crippen molar-refractivity contribution in [1.29, 1.82) is 0 Å². The molecule has 1 aromatic carbocycles. The van der Waals surface area contributed by atoms with E-state index in [1.807, 2.05) is 26.0 Å². The highest BCUT2D eigenvalue weighted by molar-refractivity contribution is 7.89. The summed E-state index contributed by atoms with van der Waals surface area (Å²) in [5, 5.41) is 2.70. The van der Waals surface area contributed by atoms with Gasteiger partial charge >= 0.3 is 0 Å². The molecule has 0 saturated carbocycles. The van der Waals surface area contributed by atoms with Crippen LogP contribution >= 0.6 is 0 Å². The first kappa shape index (κ1) is 16.7. The molecule has 2 N–H and O–H groups in total. The van der Waals surface area contributed by atoms with E-state index in [0.29, 0.717) is 12.0 Å². The zero-order chi connectivity index (χ0) is 15.0. The van der Waals surface area contributed by atoms with Gasteiger partial charge in [-0.15, -0.1) is 0 Å². The van der Waals surface area contributed by atoms with Crippen LogP contribution in [0.4, 0.5) is 0 Å². The van der Waals surface area contributed by atoms with Gasteiger partial charge in [0.1, 0.15) is 0 Å². The van der Waals surface area contributed by atoms with Gasteiger partial charge in [-0.2, -0.15) is 0 Å². The first-order valence-corrected chi connectivity index (χ1v) is 8.42. The number of carbonyl (C=O) groups is 1. The van der Waals surface area contributed by atoms with Crippen LogP contribution in [0.3, 0.4) is 0 Å². The van der Waals surface area contributed by atoms with Crippen molar-refractivity contribution in [2.45, 2.75) is 26.7 Å². The highest BCUT2D eigenvalue weighted by Gasteiger charge is 2.10. The number of aryl methyl sites for hydroxylation is 1. The molecule has 0 heterocycles. The van der Waals surface area contributed by atoms with E-state index in [1.165, 1.54) is 0 Å². The summed E-state index contributed by atoms with van der Waals surface area (Å²) in [5.41, 5.74) is 1.51. The summed E-state index contributed by atoms with van der Waals surface area (Å²) in [5.74, 6) is -0.0502. The van der Waals surface area contributed by atoms with Gasteiger partial charge in [0.2, 0.25) is 10.0 Å². The largest absolute Gasteiger partial charge is 0.351 e. The molecule has 0 fully saturated rings. The second-order valence-corrected chi connectivity index (χ2v) is 6.56. The highest BCUT2D eigenvalue weighted by Crippen LogP contribution is 2.05. The van der Waals surface area contributed by atoms with Gasteiger partial charge in [0.25, 0.3) is 5.91 Å². The molecule has 0 aromatic heterocycles. The van der Waals surface area contributed by atoms with E-state index in [2.05, 4.69) is 10.0 Å². The van der Waals surface area contributed by atoms with Crippen molar-refractivity contribution in [3.05, 3.63) is 35.4 Å². The standard InChI is InChI=1S/C14H22N2O3S/c1-3-4-11-20(18,19)16-10-9-15-14(17)13-8-6-5-7-12(13)2/h5-8,16H,3-4,9-11H2,1-2H3,(H,15,17). The summed E-state index contributed by atoms with van der Waals surface area (Å²) in [6.45, 7) is 4.29. The number of sulfonamides is 1. The maximum absolute atomic E-state index is 11.9. The first-order valence-electron chi connectivity index (χ1n) is 6.77. The molecule has 1 amide bonds. The summed E-state index contributed by atoms with van der Waals surface area (Å²) in [4.78, 5) is 11.9. The Morgan fingerprint density at radius 2 is 1.90 bits per heavy atom. The molecule has 0 radical (unpaired) electrons. The van der Waals surface area contributed by atoms with Crippen LogP contribution in [0, 0.1) is 6.92 Å². The van der Waals surface area contributed by atoms with Crippen LogP contribution in [0.5, 0.6) is 0 Å². The van der Waals surface area contributed by atoms with Crippen molar-refractivity contribution in [2.24, 2.45) is 0 Å². The third kappa shape index (κ3) is 5.71. The Bertz CT molecular complexity index is 541. The summed E-state index contributed by atoms with van der Waals surface area (Å²) in [7, 11) is -3.22. The van der Waals surface area contributed by atoms with Gasteiger partial charge in [-0.25, -0.2) is 13.1 Å². The van der Waals surface area contributed by atoms with Crippen LogP contribution in [0.15, 0.2) is 24.3 Å². The first-order chi connectivity index (χ1) is 9.46. The molecular weight excluding hydrogens is 276 g/mol. The number of rotatable bonds is 8. The van der Waals surface area contributed by atoms with Gasteiger partial charge in [-0.3, -0.25) is 4.79 Å². The summed E-state index contributed by atoms with van der Waals surface area (Å²) in [6.07, 6.45) is 1.48. The van der Waals surface area contributed by atoms with Crippen LogP contribution in [-0.4, -0.2) is 33.2 Å².